The summed E-state index contributed by atoms with van der Waals surface area (Å²) in [5.74, 6) is -2.12. The minimum absolute atomic E-state index is 0.00458. The second-order valence-corrected chi connectivity index (χ2v) is 6.10. The Bertz CT molecular complexity index is 731. The summed E-state index contributed by atoms with van der Waals surface area (Å²) < 4.78 is 0.265. The Hall–Kier alpha value is -2.26. The van der Waals surface area contributed by atoms with Gasteiger partial charge in [0.1, 0.15) is 0 Å². The van der Waals surface area contributed by atoms with Crippen LogP contribution >= 0.6 is 24.0 Å². The van der Waals surface area contributed by atoms with E-state index in [9.17, 15) is 19.5 Å². The molecule has 0 aliphatic carbocycles. The van der Waals surface area contributed by atoms with Crippen molar-refractivity contribution in [2.75, 3.05) is 17.2 Å². The number of anilines is 1. The number of carboxylic acids is 1. The van der Waals surface area contributed by atoms with Crippen molar-refractivity contribution in [2.45, 2.75) is 0 Å². The molecule has 2 amide bonds. The zero-order valence-electron chi connectivity index (χ0n) is 11.0. The van der Waals surface area contributed by atoms with E-state index in [1.807, 2.05) is 0 Å². The first-order chi connectivity index (χ1) is 10.5. The molecule has 2 aliphatic rings. The van der Waals surface area contributed by atoms with Crippen molar-refractivity contribution >= 4 is 57.5 Å². The average Bonchev–Trinajstić information content (AvgIpc) is 2.93. The summed E-state index contributed by atoms with van der Waals surface area (Å²) in [4.78, 5) is 36.0. The number of benzene rings is 1. The van der Waals surface area contributed by atoms with E-state index >= 15 is 0 Å². The fraction of sp³-hybridized carbons (Fsp3) is 0.154. The summed E-state index contributed by atoms with van der Waals surface area (Å²) in [6.07, 6.45) is 0. The molecule has 1 saturated heterocycles. The van der Waals surface area contributed by atoms with Gasteiger partial charge >= 0.3 is 0 Å². The molecule has 0 aromatic heterocycles. The van der Waals surface area contributed by atoms with Crippen LogP contribution in [0.4, 0.5) is 5.69 Å². The first-order valence-corrected chi connectivity index (χ1v) is 7.58. The number of rotatable bonds is 3. The SMILES string of the molecule is O=C([O-])CN1C(=O)/C(=N\N2C(=O)CSC2=S)c2ccccc21. The Balaban J connectivity index is 2.05. The fourth-order valence-electron chi connectivity index (χ4n) is 2.19. The molecular weight excluding hydrogens is 326 g/mol. The second kappa shape index (κ2) is 5.50. The Kier molecular flexibility index (Phi) is 3.67. The Morgan fingerprint density at radius 3 is 2.73 bits per heavy atom. The third-order valence-electron chi connectivity index (χ3n) is 3.11. The van der Waals surface area contributed by atoms with Gasteiger partial charge in [-0.15, -0.1) is 0 Å². The second-order valence-electron chi connectivity index (χ2n) is 4.49. The zero-order valence-corrected chi connectivity index (χ0v) is 12.6. The monoisotopic (exact) mass is 334 g/mol. The van der Waals surface area contributed by atoms with E-state index in [1.54, 1.807) is 24.3 Å². The Labute approximate surface area is 134 Å². The maximum Gasteiger partial charge on any atom is 0.279 e. The molecule has 0 saturated carbocycles. The molecule has 1 aromatic rings. The van der Waals surface area contributed by atoms with Crippen molar-refractivity contribution in [1.82, 2.24) is 5.01 Å². The molecule has 0 N–H and O–H groups in total. The number of carbonyl (C=O) groups excluding carboxylic acids is 3. The predicted molar refractivity (Wildman–Crippen MR) is 82.2 cm³/mol. The number of carbonyl (C=O) groups is 3. The van der Waals surface area contributed by atoms with Gasteiger partial charge in [-0.1, -0.05) is 42.2 Å². The van der Waals surface area contributed by atoms with E-state index in [2.05, 4.69) is 5.10 Å². The summed E-state index contributed by atoms with van der Waals surface area (Å²) in [6.45, 7) is -0.581. The number of hydrogen-bond donors (Lipinski definition) is 0. The molecule has 9 heteroatoms. The van der Waals surface area contributed by atoms with Crippen LogP contribution in [0.5, 0.6) is 0 Å². The van der Waals surface area contributed by atoms with Gasteiger partial charge in [-0.05, 0) is 6.07 Å². The van der Waals surface area contributed by atoms with E-state index in [1.165, 1.54) is 0 Å². The van der Waals surface area contributed by atoms with Crippen molar-refractivity contribution < 1.29 is 19.5 Å². The number of aliphatic carboxylic acids is 1. The summed E-state index contributed by atoms with van der Waals surface area (Å²) in [5, 5.41) is 15.9. The lowest BCUT2D eigenvalue weighted by molar-refractivity contribution is -0.303. The van der Waals surface area contributed by atoms with Crippen LogP contribution in [-0.2, 0) is 14.4 Å². The summed E-state index contributed by atoms with van der Waals surface area (Å²) in [6, 6.07) is 6.62. The van der Waals surface area contributed by atoms with E-state index in [4.69, 9.17) is 12.2 Å². The number of thiocarbonyl (C=S) groups is 1. The van der Waals surface area contributed by atoms with Gasteiger partial charge < -0.3 is 14.8 Å². The largest absolute Gasteiger partial charge is 0.548 e. The average molecular weight is 334 g/mol. The van der Waals surface area contributed by atoms with Crippen LogP contribution in [0.3, 0.4) is 0 Å². The molecule has 2 heterocycles. The number of para-hydroxylation sites is 1. The third kappa shape index (κ3) is 2.38. The summed E-state index contributed by atoms with van der Waals surface area (Å²) >= 11 is 6.18. The highest BCUT2D eigenvalue weighted by Crippen LogP contribution is 2.30. The van der Waals surface area contributed by atoms with Crippen LogP contribution in [-0.4, -0.2) is 45.1 Å². The first kappa shape index (κ1) is 14.7. The smallest absolute Gasteiger partial charge is 0.279 e. The number of nitrogens with zero attached hydrogens (tertiary/aromatic N) is 3. The molecule has 112 valence electrons. The number of hydrogen-bond acceptors (Lipinski definition) is 7. The predicted octanol–water partition coefficient (Wildman–Crippen LogP) is -0.652. The normalized spacial score (nSPS) is 19.3. The van der Waals surface area contributed by atoms with Crippen LogP contribution in [0.2, 0.25) is 0 Å². The molecule has 0 atom stereocenters. The number of thioether (sulfide) groups is 1. The van der Waals surface area contributed by atoms with E-state index < -0.39 is 18.4 Å². The van der Waals surface area contributed by atoms with Crippen molar-refractivity contribution in [3.8, 4) is 0 Å². The minimum Gasteiger partial charge on any atom is -0.548 e. The number of fused-ring (bicyclic) bond motifs is 1. The molecule has 2 aliphatic heterocycles. The van der Waals surface area contributed by atoms with Crippen LogP contribution in [0, 0.1) is 0 Å². The van der Waals surface area contributed by atoms with Gasteiger partial charge in [-0.3, -0.25) is 9.59 Å². The highest BCUT2D eigenvalue weighted by molar-refractivity contribution is 8.23. The van der Waals surface area contributed by atoms with Gasteiger partial charge in [0.25, 0.3) is 11.8 Å². The number of hydrazone groups is 1. The van der Waals surface area contributed by atoms with Gasteiger partial charge in [0.2, 0.25) is 0 Å². The van der Waals surface area contributed by atoms with Crippen LogP contribution in [0.1, 0.15) is 5.56 Å². The zero-order chi connectivity index (χ0) is 15.9. The lowest BCUT2D eigenvalue weighted by atomic mass is 10.1. The van der Waals surface area contributed by atoms with Crippen LogP contribution in [0.15, 0.2) is 29.4 Å². The molecule has 0 radical (unpaired) electrons. The topological polar surface area (TPSA) is 93.1 Å². The van der Waals surface area contributed by atoms with Crippen molar-refractivity contribution in [3.05, 3.63) is 29.8 Å². The third-order valence-corrected chi connectivity index (χ3v) is 4.45. The standard InChI is InChI=1S/C13H9N3O4S2/c17-9-6-22-13(21)16(9)14-11-7-3-1-2-4-8(7)15(12(11)20)5-10(18)19/h1-4H,5-6H2,(H,18,19)/p-1/b14-11-. The highest BCUT2D eigenvalue weighted by Gasteiger charge is 2.36. The van der Waals surface area contributed by atoms with Crippen LogP contribution in [0.25, 0.3) is 0 Å². The first-order valence-electron chi connectivity index (χ1n) is 6.18. The van der Waals surface area contributed by atoms with Crippen molar-refractivity contribution in [2.24, 2.45) is 5.10 Å². The maximum absolute atomic E-state index is 12.4. The van der Waals surface area contributed by atoms with E-state index in [0.29, 0.717) is 11.3 Å². The van der Waals surface area contributed by atoms with E-state index in [-0.39, 0.29) is 21.7 Å². The molecular formula is C13H8N3O4S2-. The number of amides is 2. The van der Waals surface area contributed by atoms with Crippen LogP contribution < -0.4 is 10.0 Å². The lowest BCUT2D eigenvalue weighted by Gasteiger charge is -2.17. The van der Waals surface area contributed by atoms with Gasteiger partial charge in [0.15, 0.2) is 10.0 Å². The van der Waals surface area contributed by atoms with Crippen molar-refractivity contribution in [1.29, 1.82) is 0 Å². The molecule has 1 fully saturated rings. The molecule has 3 rings (SSSR count). The molecule has 0 bridgehead atoms. The lowest BCUT2D eigenvalue weighted by Crippen LogP contribution is -2.41. The number of carboxylic acid groups (broad SMARTS) is 1. The van der Waals surface area contributed by atoms with Gasteiger partial charge in [0, 0.05) is 5.56 Å². The fourth-order valence-corrected chi connectivity index (χ4v) is 3.14. The molecule has 0 unspecified atom stereocenters. The van der Waals surface area contributed by atoms with Gasteiger partial charge in [0.05, 0.1) is 24.0 Å². The summed E-state index contributed by atoms with van der Waals surface area (Å²) in [5.41, 5.74) is 0.872. The van der Waals surface area contributed by atoms with E-state index in [0.717, 1.165) is 21.7 Å². The van der Waals surface area contributed by atoms with Crippen molar-refractivity contribution in [3.63, 3.8) is 0 Å². The molecule has 1 aromatic carbocycles. The highest BCUT2D eigenvalue weighted by atomic mass is 32.2. The summed E-state index contributed by atoms with van der Waals surface area (Å²) in [7, 11) is 0. The quantitative estimate of drug-likeness (QED) is 0.682. The molecule has 22 heavy (non-hydrogen) atoms. The Morgan fingerprint density at radius 2 is 2.09 bits per heavy atom. The van der Waals surface area contributed by atoms with Gasteiger partial charge in [-0.25, -0.2) is 0 Å². The molecule has 7 nitrogen and oxygen atoms in total. The molecule has 0 spiro atoms. The van der Waals surface area contributed by atoms with Gasteiger partial charge in [-0.2, -0.15) is 10.1 Å². The maximum atomic E-state index is 12.4. The minimum atomic E-state index is -1.38. The Morgan fingerprint density at radius 1 is 1.36 bits per heavy atom.